The normalized spacial score (nSPS) is 21.5. The summed E-state index contributed by atoms with van der Waals surface area (Å²) in [4.78, 5) is 25.4. The van der Waals surface area contributed by atoms with Gasteiger partial charge in [-0.3, -0.25) is 4.79 Å². The Morgan fingerprint density at radius 2 is 2.19 bits per heavy atom. The van der Waals surface area contributed by atoms with Crippen molar-refractivity contribution in [3.05, 3.63) is 28.8 Å². The van der Waals surface area contributed by atoms with Crippen LogP contribution in [0.15, 0.2) is 18.2 Å². The second-order valence-corrected chi connectivity index (χ2v) is 6.45. The quantitative estimate of drug-likeness (QED) is 0.888. The molecule has 2 rings (SSSR count). The van der Waals surface area contributed by atoms with Crippen LogP contribution in [0.1, 0.15) is 30.1 Å². The summed E-state index contributed by atoms with van der Waals surface area (Å²) in [6.45, 7) is 1.98. The smallest absolute Gasteiger partial charge is 0.327 e. The molecular formula is C14H16ClNO4S. The number of phenols is 1. The molecular weight excluding hydrogens is 314 g/mol. The Morgan fingerprint density at radius 3 is 2.81 bits per heavy atom. The van der Waals surface area contributed by atoms with Crippen LogP contribution in [0.25, 0.3) is 0 Å². The topological polar surface area (TPSA) is 77.8 Å². The molecule has 7 heteroatoms. The molecule has 0 spiro atoms. The monoisotopic (exact) mass is 329 g/mol. The molecule has 0 saturated carbocycles. The second kappa shape index (κ2) is 6.58. The van der Waals surface area contributed by atoms with Crippen LogP contribution in [0.2, 0.25) is 5.02 Å². The molecule has 0 aliphatic carbocycles. The average Bonchev–Trinajstić information content (AvgIpc) is 2.85. The zero-order valence-electron chi connectivity index (χ0n) is 11.5. The summed E-state index contributed by atoms with van der Waals surface area (Å²) in [6.07, 6.45) is 1.55. The predicted molar refractivity (Wildman–Crippen MR) is 81.9 cm³/mol. The fourth-order valence-corrected chi connectivity index (χ4v) is 4.00. The number of aliphatic carboxylic acids is 1. The van der Waals surface area contributed by atoms with Crippen molar-refractivity contribution in [1.29, 1.82) is 0 Å². The zero-order chi connectivity index (χ0) is 15.6. The van der Waals surface area contributed by atoms with E-state index in [4.69, 9.17) is 11.6 Å². The van der Waals surface area contributed by atoms with E-state index in [2.05, 4.69) is 0 Å². The first-order valence-electron chi connectivity index (χ1n) is 6.61. The van der Waals surface area contributed by atoms with E-state index in [9.17, 15) is 19.8 Å². The third-order valence-corrected chi connectivity index (χ3v) is 4.93. The summed E-state index contributed by atoms with van der Waals surface area (Å²) in [6, 6.07) is 3.30. The van der Waals surface area contributed by atoms with Crippen molar-refractivity contribution in [2.75, 3.05) is 5.75 Å². The predicted octanol–water partition coefficient (Wildman–Crippen LogP) is 2.81. The number of rotatable bonds is 4. The molecule has 1 aromatic carbocycles. The van der Waals surface area contributed by atoms with Gasteiger partial charge in [-0.2, -0.15) is 0 Å². The van der Waals surface area contributed by atoms with E-state index in [1.165, 1.54) is 34.9 Å². The minimum absolute atomic E-state index is 0.0392. The van der Waals surface area contributed by atoms with Crippen molar-refractivity contribution in [3.8, 4) is 5.75 Å². The SMILES string of the molecule is CCCC1SCC(C(=O)O)N1C(=O)c1cc(Cl)ccc1O. The van der Waals surface area contributed by atoms with Gasteiger partial charge in [0.05, 0.1) is 10.9 Å². The molecule has 1 aliphatic rings. The first-order chi connectivity index (χ1) is 9.95. The molecule has 0 aromatic heterocycles. The summed E-state index contributed by atoms with van der Waals surface area (Å²) in [5.74, 6) is -1.37. The van der Waals surface area contributed by atoms with E-state index in [1.54, 1.807) is 0 Å². The number of thioether (sulfide) groups is 1. The maximum Gasteiger partial charge on any atom is 0.327 e. The Balaban J connectivity index is 2.36. The van der Waals surface area contributed by atoms with E-state index < -0.39 is 17.9 Å². The Labute approximate surface area is 131 Å². The Kier molecular flexibility index (Phi) is 5.00. The molecule has 1 heterocycles. The number of nitrogens with zero attached hydrogens (tertiary/aromatic N) is 1. The molecule has 1 fully saturated rings. The number of aromatic hydroxyl groups is 1. The van der Waals surface area contributed by atoms with Gasteiger partial charge in [0.2, 0.25) is 0 Å². The molecule has 1 saturated heterocycles. The zero-order valence-corrected chi connectivity index (χ0v) is 13.0. The van der Waals surface area contributed by atoms with E-state index in [1.807, 2.05) is 6.92 Å². The Bertz CT molecular complexity index is 566. The second-order valence-electron chi connectivity index (χ2n) is 4.80. The first kappa shape index (κ1) is 16.0. The van der Waals surface area contributed by atoms with Gasteiger partial charge < -0.3 is 15.1 Å². The molecule has 2 N–H and O–H groups in total. The number of amides is 1. The van der Waals surface area contributed by atoms with Crippen molar-refractivity contribution in [2.24, 2.45) is 0 Å². The Hall–Kier alpha value is -1.40. The van der Waals surface area contributed by atoms with Crippen LogP contribution in [0.4, 0.5) is 0 Å². The molecule has 1 amide bonds. The van der Waals surface area contributed by atoms with Gasteiger partial charge >= 0.3 is 5.97 Å². The molecule has 0 radical (unpaired) electrons. The van der Waals surface area contributed by atoms with Gasteiger partial charge in [-0.15, -0.1) is 11.8 Å². The van der Waals surface area contributed by atoms with Crippen molar-refractivity contribution in [1.82, 2.24) is 4.90 Å². The van der Waals surface area contributed by atoms with E-state index >= 15 is 0 Å². The van der Waals surface area contributed by atoms with Crippen molar-refractivity contribution in [3.63, 3.8) is 0 Å². The number of carboxylic acids is 1. The lowest BCUT2D eigenvalue weighted by molar-refractivity contribution is -0.141. The lowest BCUT2D eigenvalue weighted by atomic mass is 10.1. The number of benzene rings is 1. The molecule has 2 atom stereocenters. The number of hydrogen-bond acceptors (Lipinski definition) is 4. The van der Waals surface area contributed by atoms with Crippen LogP contribution >= 0.6 is 23.4 Å². The molecule has 21 heavy (non-hydrogen) atoms. The highest BCUT2D eigenvalue weighted by atomic mass is 35.5. The van der Waals surface area contributed by atoms with Crippen molar-refractivity contribution >= 4 is 35.2 Å². The maximum absolute atomic E-state index is 12.7. The van der Waals surface area contributed by atoms with Crippen molar-refractivity contribution < 1.29 is 19.8 Å². The number of carbonyl (C=O) groups excluding carboxylic acids is 1. The summed E-state index contributed by atoms with van der Waals surface area (Å²) in [7, 11) is 0. The highest BCUT2D eigenvalue weighted by Gasteiger charge is 2.42. The van der Waals surface area contributed by atoms with Crippen LogP contribution in [0.3, 0.4) is 0 Å². The fraction of sp³-hybridized carbons (Fsp3) is 0.429. The van der Waals surface area contributed by atoms with Gasteiger partial charge in [-0.25, -0.2) is 4.79 Å². The summed E-state index contributed by atoms with van der Waals surface area (Å²) in [5.41, 5.74) is 0.0392. The fourth-order valence-electron chi connectivity index (χ4n) is 2.31. The largest absolute Gasteiger partial charge is 0.507 e. The van der Waals surface area contributed by atoms with Crippen LogP contribution in [-0.2, 0) is 4.79 Å². The van der Waals surface area contributed by atoms with Gasteiger partial charge in [0, 0.05) is 10.8 Å². The number of phenolic OH excluding ortho intramolecular Hbond substituents is 1. The third-order valence-electron chi connectivity index (χ3n) is 3.34. The highest BCUT2D eigenvalue weighted by Crippen LogP contribution is 2.35. The molecule has 5 nitrogen and oxygen atoms in total. The van der Waals surface area contributed by atoms with Crippen LogP contribution < -0.4 is 0 Å². The van der Waals surface area contributed by atoms with Crippen LogP contribution in [0, 0.1) is 0 Å². The number of carboxylic acid groups (broad SMARTS) is 1. The number of carbonyl (C=O) groups is 2. The maximum atomic E-state index is 12.7. The number of halogens is 1. The average molecular weight is 330 g/mol. The van der Waals surface area contributed by atoms with Crippen LogP contribution in [0.5, 0.6) is 5.75 Å². The van der Waals surface area contributed by atoms with E-state index in [0.29, 0.717) is 17.2 Å². The number of hydrogen-bond donors (Lipinski definition) is 2. The first-order valence-corrected chi connectivity index (χ1v) is 8.04. The molecule has 0 bridgehead atoms. The van der Waals surface area contributed by atoms with Gasteiger partial charge in [-0.05, 0) is 24.6 Å². The molecule has 1 aliphatic heterocycles. The van der Waals surface area contributed by atoms with Gasteiger partial charge in [0.15, 0.2) is 0 Å². The van der Waals surface area contributed by atoms with E-state index in [-0.39, 0.29) is 16.7 Å². The Morgan fingerprint density at radius 1 is 1.48 bits per heavy atom. The van der Waals surface area contributed by atoms with Gasteiger partial charge in [0.25, 0.3) is 5.91 Å². The van der Waals surface area contributed by atoms with Crippen LogP contribution in [-0.4, -0.2) is 44.2 Å². The summed E-state index contributed by atoms with van der Waals surface area (Å²) >= 11 is 7.31. The molecule has 1 aromatic rings. The molecule has 2 unspecified atom stereocenters. The highest BCUT2D eigenvalue weighted by molar-refractivity contribution is 8.00. The standard InChI is InChI=1S/C14H16ClNO4S/c1-2-3-12-16(10(7-21-12)14(19)20)13(18)9-6-8(15)4-5-11(9)17/h4-6,10,12,17H,2-3,7H2,1H3,(H,19,20). The van der Waals surface area contributed by atoms with Crippen molar-refractivity contribution in [2.45, 2.75) is 31.2 Å². The minimum atomic E-state index is -1.03. The molecule has 114 valence electrons. The summed E-state index contributed by atoms with van der Waals surface area (Å²) < 4.78 is 0. The lowest BCUT2D eigenvalue weighted by Gasteiger charge is -2.27. The van der Waals surface area contributed by atoms with E-state index in [0.717, 1.165) is 6.42 Å². The third kappa shape index (κ3) is 3.27. The minimum Gasteiger partial charge on any atom is -0.507 e. The van der Waals surface area contributed by atoms with Gasteiger partial charge in [-0.1, -0.05) is 24.9 Å². The van der Waals surface area contributed by atoms with Gasteiger partial charge in [0.1, 0.15) is 11.8 Å². The lowest BCUT2D eigenvalue weighted by Crippen LogP contribution is -2.45. The summed E-state index contributed by atoms with van der Waals surface area (Å²) in [5, 5.41) is 19.3.